The molecule has 0 radical (unpaired) electrons. The molecule has 17 heavy (non-hydrogen) atoms. The molecule has 0 aliphatic heterocycles. The molecule has 0 fully saturated rings. The van der Waals surface area contributed by atoms with E-state index >= 15 is 0 Å². The molecule has 1 heterocycles. The Morgan fingerprint density at radius 3 is 2.88 bits per heavy atom. The Kier molecular flexibility index (Phi) is 3.10. The maximum absolute atomic E-state index is 5.68. The average Bonchev–Trinajstić information content (AvgIpc) is 2.72. The van der Waals surface area contributed by atoms with Crippen LogP contribution in [0.15, 0.2) is 30.5 Å². The van der Waals surface area contributed by atoms with Gasteiger partial charge in [-0.1, -0.05) is 24.4 Å². The number of ether oxygens (including phenoxy) is 1. The zero-order chi connectivity index (χ0) is 12.4. The van der Waals surface area contributed by atoms with Gasteiger partial charge in [0.25, 0.3) is 0 Å². The van der Waals surface area contributed by atoms with E-state index < -0.39 is 0 Å². The summed E-state index contributed by atoms with van der Waals surface area (Å²) >= 11 is 5.02. The molecule has 0 saturated heterocycles. The van der Waals surface area contributed by atoms with Crippen LogP contribution >= 0.6 is 12.2 Å². The van der Waals surface area contributed by atoms with Gasteiger partial charge in [-0.15, -0.1) is 0 Å². The van der Waals surface area contributed by atoms with E-state index in [0.29, 0.717) is 4.99 Å². The summed E-state index contributed by atoms with van der Waals surface area (Å²) in [5.41, 5.74) is 8.17. The highest BCUT2D eigenvalue weighted by Crippen LogP contribution is 2.25. The molecule has 2 N–H and O–H groups in total. The lowest BCUT2D eigenvalue weighted by Gasteiger charge is -2.03. The van der Waals surface area contributed by atoms with Crippen LogP contribution in [0.2, 0.25) is 0 Å². The van der Waals surface area contributed by atoms with Gasteiger partial charge in [-0.2, -0.15) is 5.10 Å². The summed E-state index contributed by atoms with van der Waals surface area (Å²) < 4.78 is 6.88. The second-order valence-corrected chi connectivity index (χ2v) is 4.10. The van der Waals surface area contributed by atoms with Crippen molar-refractivity contribution < 1.29 is 4.74 Å². The van der Waals surface area contributed by atoms with Crippen molar-refractivity contribution in [2.24, 2.45) is 12.8 Å². The molecule has 0 unspecified atom stereocenters. The first kappa shape index (κ1) is 11.6. The monoisotopic (exact) mass is 247 g/mol. The Morgan fingerprint density at radius 2 is 2.24 bits per heavy atom. The number of methoxy groups -OCH3 is 1. The molecular weight excluding hydrogens is 234 g/mol. The first-order valence-corrected chi connectivity index (χ1v) is 5.50. The molecule has 0 aliphatic rings. The van der Waals surface area contributed by atoms with Crippen LogP contribution in [0, 0.1) is 0 Å². The molecule has 1 aromatic heterocycles. The molecule has 0 spiro atoms. The maximum Gasteiger partial charge on any atom is 0.119 e. The molecular formula is C12H13N3OS. The van der Waals surface area contributed by atoms with Crippen LogP contribution in [-0.2, 0) is 7.05 Å². The molecule has 0 amide bonds. The average molecular weight is 247 g/mol. The fraction of sp³-hybridized carbons (Fsp3) is 0.167. The van der Waals surface area contributed by atoms with Gasteiger partial charge in [-0.05, 0) is 12.1 Å². The summed E-state index contributed by atoms with van der Waals surface area (Å²) in [6.45, 7) is 0. The maximum atomic E-state index is 5.68. The summed E-state index contributed by atoms with van der Waals surface area (Å²) in [4.78, 5) is 0.343. The van der Waals surface area contributed by atoms with E-state index in [4.69, 9.17) is 22.7 Å². The fourth-order valence-corrected chi connectivity index (χ4v) is 1.80. The third kappa shape index (κ3) is 2.29. The molecule has 0 aliphatic carbocycles. The summed E-state index contributed by atoms with van der Waals surface area (Å²) in [5, 5.41) is 4.37. The van der Waals surface area contributed by atoms with Crippen molar-refractivity contribution in [3.63, 3.8) is 0 Å². The van der Waals surface area contributed by atoms with Crippen LogP contribution < -0.4 is 10.5 Å². The molecule has 1 aromatic carbocycles. The standard InChI is InChI=1S/C12H13N3OS/c1-15-7-10(12(13)17)11(14-15)8-4-3-5-9(6-8)16-2/h3-7H,1-2H3,(H2,13,17). The van der Waals surface area contributed by atoms with Gasteiger partial charge in [-0.3, -0.25) is 4.68 Å². The van der Waals surface area contributed by atoms with Crippen LogP contribution in [0.3, 0.4) is 0 Å². The van der Waals surface area contributed by atoms with Crippen LogP contribution in [0.25, 0.3) is 11.3 Å². The minimum Gasteiger partial charge on any atom is -0.497 e. The number of nitrogens with two attached hydrogens (primary N) is 1. The van der Waals surface area contributed by atoms with Crippen LogP contribution in [0.1, 0.15) is 5.56 Å². The van der Waals surface area contributed by atoms with E-state index in [1.165, 1.54) is 0 Å². The quantitative estimate of drug-likeness (QED) is 0.839. The minimum absolute atomic E-state index is 0.343. The van der Waals surface area contributed by atoms with Gasteiger partial charge in [0, 0.05) is 18.8 Å². The van der Waals surface area contributed by atoms with Crippen LogP contribution in [0.4, 0.5) is 0 Å². The molecule has 0 atom stereocenters. The molecule has 4 nitrogen and oxygen atoms in total. The van der Waals surface area contributed by atoms with Crippen molar-refractivity contribution in [3.8, 4) is 17.0 Å². The van der Waals surface area contributed by atoms with Crippen molar-refractivity contribution in [3.05, 3.63) is 36.0 Å². The second-order valence-electron chi connectivity index (χ2n) is 3.66. The number of rotatable bonds is 3. The Bertz CT molecular complexity index is 563. The van der Waals surface area contributed by atoms with E-state index in [9.17, 15) is 0 Å². The highest BCUT2D eigenvalue weighted by Gasteiger charge is 2.12. The van der Waals surface area contributed by atoms with Crippen molar-refractivity contribution in [1.29, 1.82) is 0 Å². The summed E-state index contributed by atoms with van der Waals surface area (Å²) in [5.74, 6) is 0.780. The van der Waals surface area contributed by atoms with E-state index in [1.807, 2.05) is 37.5 Å². The molecule has 5 heteroatoms. The van der Waals surface area contributed by atoms with Crippen molar-refractivity contribution >= 4 is 17.2 Å². The zero-order valence-electron chi connectivity index (χ0n) is 9.68. The molecule has 0 saturated carbocycles. The summed E-state index contributed by atoms with van der Waals surface area (Å²) in [6.07, 6.45) is 1.82. The van der Waals surface area contributed by atoms with Gasteiger partial charge in [0.15, 0.2) is 0 Å². The largest absolute Gasteiger partial charge is 0.497 e. The lowest BCUT2D eigenvalue weighted by atomic mass is 10.1. The lowest BCUT2D eigenvalue weighted by Crippen LogP contribution is -2.09. The molecule has 0 bridgehead atoms. The lowest BCUT2D eigenvalue weighted by molar-refractivity contribution is 0.415. The third-order valence-electron chi connectivity index (χ3n) is 2.44. The number of hydrogen-bond donors (Lipinski definition) is 1. The van der Waals surface area contributed by atoms with Crippen LogP contribution in [-0.4, -0.2) is 21.9 Å². The summed E-state index contributed by atoms with van der Waals surface area (Å²) in [6, 6.07) is 7.65. The fourth-order valence-electron chi connectivity index (χ4n) is 1.65. The number of thiocarbonyl (C=S) groups is 1. The minimum atomic E-state index is 0.343. The molecule has 2 rings (SSSR count). The van der Waals surface area contributed by atoms with Gasteiger partial charge < -0.3 is 10.5 Å². The Morgan fingerprint density at radius 1 is 1.47 bits per heavy atom. The zero-order valence-corrected chi connectivity index (χ0v) is 10.5. The normalized spacial score (nSPS) is 10.2. The first-order valence-electron chi connectivity index (χ1n) is 5.09. The second kappa shape index (κ2) is 4.55. The number of nitrogens with zero attached hydrogens (tertiary/aromatic N) is 2. The Labute approximate surface area is 105 Å². The topological polar surface area (TPSA) is 53.1 Å². The van der Waals surface area contributed by atoms with Gasteiger partial charge in [-0.25, -0.2) is 0 Å². The predicted octanol–water partition coefficient (Wildman–Crippen LogP) is 1.73. The first-order chi connectivity index (χ1) is 8.11. The number of aromatic nitrogens is 2. The number of hydrogen-bond acceptors (Lipinski definition) is 3. The van der Waals surface area contributed by atoms with Gasteiger partial charge >= 0.3 is 0 Å². The van der Waals surface area contributed by atoms with Gasteiger partial charge in [0.2, 0.25) is 0 Å². The Hall–Kier alpha value is -1.88. The number of benzene rings is 1. The van der Waals surface area contributed by atoms with Crippen LogP contribution in [0.5, 0.6) is 5.75 Å². The summed E-state index contributed by atoms with van der Waals surface area (Å²) in [7, 11) is 3.47. The SMILES string of the molecule is COc1cccc(-c2nn(C)cc2C(N)=S)c1. The predicted molar refractivity (Wildman–Crippen MR) is 71.1 cm³/mol. The van der Waals surface area contributed by atoms with E-state index in [-0.39, 0.29) is 0 Å². The Balaban J connectivity index is 2.55. The smallest absolute Gasteiger partial charge is 0.119 e. The highest BCUT2D eigenvalue weighted by atomic mass is 32.1. The van der Waals surface area contributed by atoms with Gasteiger partial charge in [0.05, 0.1) is 12.7 Å². The van der Waals surface area contributed by atoms with Crippen molar-refractivity contribution in [2.45, 2.75) is 0 Å². The number of aryl methyl sites for hydroxylation is 1. The van der Waals surface area contributed by atoms with E-state index in [1.54, 1.807) is 11.8 Å². The van der Waals surface area contributed by atoms with Crippen molar-refractivity contribution in [1.82, 2.24) is 9.78 Å². The highest BCUT2D eigenvalue weighted by molar-refractivity contribution is 7.80. The molecule has 2 aromatic rings. The van der Waals surface area contributed by atoms with E-state index in [2.05, 4.69) is 5.10 Å². The van der Waals surface area contributed by atoms with E-state index in [0.717, 1.165) is 22.6 Å². The van der Waals surface area contributed by atoms with Crippen molar-refractivity contribution in [2.75, 3.05) is 7.11 Å². The molecule has 88 valence electrons. The third-order valence-corrected chi connectivity index (χ3v) is 2.66. The van der Waals surface area contributed by atoms with Gasteiger partial charge in [0.1, 0.15) is 16.4 Å².